The maximum Gasteiger partial charge on any atom is 0.253 e. The average Bonchev–Trinajstić information content (AvgIpc) is 2.69. The van der Waals surface area contributed by atoms with Crippen LogP contribution in [0.1, 0.15) is 37.6 Å². The fourth-order valence-corrected chi connectivity index (χ4v) is 4.46. The molecule has 0 aliphatic carbocycles. The van der Waals surface area contributed by atoms with Crippen LogP contribution >= 0.6 is 11.6 Å². The van der Waals surface area contributed by atoms with E-state index in [9.17, 15) is 18.0 Å². The van der Waals surface area contributed by atoms with E-state index in [0.29, 0.717) is 28.5 Å². The third-order valence-electron chi connectivity index (χ3n) is 4.49. The van der Waals surface area contributed by atoms with E-state index >= 15 is 0 Å². The van der Waals surface area contributed by atoms with E-state index in [-0.39, 0.29) is 18.2 Å². The molecule has 2 aromatic rings. The largest absolute Gasteiger partial charge is 0.352 e. The molecule has 0 fully saturated rings. The first kappa shape index (κ1) is 24.7. The van der Waals surface area contributed by atoms with Crippen molar-refractivity contribution in [2.24, 2.45) is 5.92 Å². The summed E-state index contributed by atoms with van der Waals surface area (Å²) in [6.45, 7) is 6.17. The highest BCUT2D eigenvalue weighted by atomic mass is 35.5. The molecule has 0 heterocycles. The molecule has 2 N–H and O–H groups in total. The Balaban J connectivity index is 2.35. The Morgan fingerprint density at radius 1 is 1.10 bits per heavy atom. The maximum absolute atomic E-state index is 13.1. The lowest BCUT2D eigenvalue weighted by Crippen LogP contribution is -2.47. The minimum atomic E-state index is -3.79. The molecule has 1 unspecified atom stereocenters. The van der Waals surface area contributed by atoms with Gasteiger partial charge in [-0.2, -0.15) is 0 Å². The molecule has 0 aromatic heterocycles. The van der Waals surface area contributed by atoms with Crippen molar-refractivity contribution in [2.45, 2.75) is 33.2 Å². The van der Waals surface area contributed by atoms with Crippen molar-refractivity contribution in [1.29, 1.82) is 0 Å². The van der Waals surface area contributed by atoms with Crippen molar-refractivity contribution >= 4 is 44.8 Å². The van der Waals surface area contributed by atoms with Gasteiger partial charge in [-0.3, -0.25) is 13.9 Å². The van der Waals surface area contributed by atoms with E-state index in [0.717, 1.165) is 10.6 Å². The number of hydrogen-bond acceptors (Lipinski definition) is 4. The Hall–Kier alpha value is -2.58. The average molecular weight is 466 g/mol. The van der Waals surface area contributed by atoms with E-state index < -0.39 is 22.0 Å². The van der Waals surface area contributed by atoms with Gasteiger partial charge in [0.15, 0.2) is 0 Å². The highest BCUT2D eigenvalue weighted by Gasteiger charge is 2.32. The molecular weight excluding hydrogens is 438 g/mol. The fraction of sp³-hybridized carbons (Fsp3) is 0.364. The molecule has 7 nitrogen and oxygen atoms in total. The first-order chi connectivity index (χ1) is 14.5. The fourth-order valence-electron chi connectivity index (χ4n) is 3.07. The highest BCUT2D eigenvalue weighted by Crippen LogP contribution is 2.26. The van der Waals surface area contributed by atoms with Crippen LogP contribution < -0.4 is 14.9 Å². The van der Waals surface area contributed by atoms with Gasteiger partial charge in [0.25, 0.3) is 5.91 Å². The van der Waals surface area contributed by atoms with Crippen molar-refractivity contribution in [2.75, 3.05) is 22.4 Å². The van der Waals surface area contributed by atoms with Crippen LogP contribution in [0.5, 0.6) is 0 Å². The van der Waals surface area contributed by atoms with E-state index in [4.69, 9.17) is 11.6 Å². The molecule has 1 atom stereocenters. The number of benzene rings is 2. The summed E-state index contributed by atoms with van der Waals surface area (Å²) in [7, 11) is -3.79. The van der Waals surface area contributed by atoms with E-state index in [1.807, 2.05) is 13.8 Å². The number of nitrogens with zero attached hydrogens (tertiary/aromatic N) is 1. The monoisotopic (exact) mass is 465 g/mol. The number of nitrogens with one attached hydrogen (secondary N) is 2. The van der Waals surface area contributed by atoms with Crippen LogP contribution in [0.25, 0.3) is 0 Å². The molecule has 0 spiro atoms. The number of sulfonamides is 1. The molecule has 2 amide bonds. The van der Waals surface area contributed by atoms with Crippen molar-refractivity contribution < 1.29 is 18.0 Å². The summed E-state index contributed by atoms with van der Waals surface area (Å²) in [4.78, 5) is 25.7. The normalized spacial score (nSPS) is 12.3. The molecule has 0 aliphatic heterocycles. The second-order valence-electron chi connectivity index (χ2n) is 7.60. The third-order valence-corrected chi connectivity index (χ3v) is 5.91. The zero-order valence-corrected chi connectivity index (χ0v) is 19.6. The number of hydrogen-bond donors (Lipinski definition) is 2. The first-order valence-corrected chi connectivity index (χ1v) is 12.2. The van der Waals surface area contributed by atoms with Crippen LogP contribution in [0, 0.1) is 5.92 Å². The molecule has 0 saturated carbocycles. The Morgan fingerprint density at radius 2 is 1.77 bits per heavy atom. The lowest BCUT2D eigenvalue weighted by atomic mass is 10.1. The standard InChI is InChI=1S/C22H28ClN3O4S/c1-5-20(26(31(4,29)30)17-10-8-9-16(23)13-17)22(28)25-19-12-7-6-11-18(19)21(27)24-14-15(2)3/h6-13,15,20H,5,14H2,1-4H3,(H,24,27)(H,25,28). The topological polar surface area (TPSA) is 95.6 Å². The van der Waals surface area contributed by atoms with Crippen LogP contribution in [0.2, 0.25) is 5.02 Å². The number of carbonyl (C=O) groups excluding carboxylic acids is 2. The van der Waals surface area contributed by atoms with Crippen LogP contribution in [0.4, 0.5) is 11.4 Å². The van der Waals surface area contributed by atoms with Gasteiger partial charge in [-0.15, -0.1) is 0 Å². The molecule has 31 heavy (non-hydrogen) atoms. The van der Waals surface area contributed by atoms with Crippen LogP contribution in [-0.2, 0) is 14.8 Å². The highest BCUT2D eigenvalue weighted by molar-refractivity contribution is 7.92. The second kappa shape index (κ2) is 10.6. The summed E-state index contributed by atoms with van der Waals surface area (Å²) in [5.74, 6) is -0.583. The lowest BCUT2D eigenvalue weighted by Gasteiger charge is -2.30. The number of rotatable bonds is 9. The van der Waals surface area contributed by atoms with Gasteiger partial charge in [0.05, 0.1) is 23.2 Å². The number of para-hydroxylation sites is 1. The van der Waals surface area contributed by atoms with Crippen LogP contribution in [0.15, 0.2) is 48.5 Å². The number of halogens is 1. The Morgan fingerprint density at radius 3 is 2.35 bits per heavy atom. The van der Waals surface area contributed by atoms with Crippen molar-refractivity contribution in [1.82, 2.24) is 5.32 Å². The van der Waals surface area contributed by atoms with Gasteiger partial charge in [-0.1, -0.05) is 50.6 Å². The summed E-state index contributed by atoms with van der Waals surface area (Å²) in [5, 5.41) is 5.91. The van der Waals surface area contributed by atoms with Gasteiger partial charge in [0.1, 0.15) is 6.04 Å². The Bertz CT molecular complexity index is 1040. The molecular formula is C22H28ClN3O4S. The van der Waals surface area contributed by atoms with Gasteiger partial charge >= 0.3 is 0 Å². The van der Waals surface area contributed by atoms with E-state index in [1.54, 1.807) is 49.4 Å². The Labute approximate surface area is 188 Å². The second-order valence-corrected chi connectivity index (χ2v) is 9.90. The number of carbonyl (C=O) groups is 2. The molecule has 0 saturated heterocycles. The molecule has 2 rings (SSSR count). The first-order valence-electron chi connectivity index (χ1n) is 9.97. The SMILES string of the molecule is CCC(C(=O)Nc1ccccc1C(=O)NCC(C)C)N(c1cccc(Cl)c1)S(C)(=O)=O. The smallest absolute Gasteiger partial charge is 0.253 e. The predicted octanol–water partition coefficient (Wildman–Crippen LogP) is 3.91. The third kappa shape index (κ3) is 6.70. The molecule has 0 radical (unpaired) electrons. The van der Waals surface area contributed by atoms with Gasteiger partial charge in [0.2, 0.25) is 15.9 Å². The molecule has 0 aliphatic rings. The summed E-state index contributed by atoms with van der Waals surface area (Å²) in [5.41, 5.74) is 0.909. The summed E-state index contributed by atoms with van der Waals surface area (Å²) >= 11 is 6.04. The molecule has 0 bridgehead atoms. The van der Waals surface area contributed by atoms with Gasteiger partial charge in [0, 0.05) is 11.6 Å². The van der Waals surface area contributed by atoms with Gasteiger partial charge in [-0.05, 0) is 42.7 Å². The minimum absolute atomic E-state index is 0.215. The number of amides is 2. The van der Waals surface area contributed by atoms with Gasteiger partial charge in [-0.25, -0.2) is 8.42 Å². The number of anilines is 2. The van der Waals surface area contributed by atoms with Crippen molar-refractivity contribution in [3.05, 3.63) is 59.1 Å². The minimum Gasteiger partial charge on any atom is -0.352 e. The lowest BCUT2D eigenvalue weighted by molar-refractivity contribution is -0.117. The zero-order valence-electron chi connectivity index (χ0n) is 18.1. The summed E-state index contributed by atoms with van der Waals surface area (Å²) in [6.07, 6.45) is 1.25. The quantitative estimate of drug-likeness (QED) is 0.586. The summed E-state index contributed by atoms with van der Waals surface area (Å²) < 4.78 is 26.2. The van der Waals surface area contributed by atoms with E-state index in [2.05, 4.69) is 10.6 Å². The zero-order chi connectivity index (χ0) is 23.2. The molecule has 168 valence electrons. The van der Waals surface area contributed by atoms with E-state index in [1.165, 1.54) is 6.07 Å². The molecule has 2 aromatic carbocycles. The van der Waals surface area contributed by atoms with Crippen LogP contribution in [-0.4, -0.2) is 39.1 Å². The van der Waals surface area contributed by atoms with Crippen molar-refractivity contribution in [3.63, 3.8) is 0 Å². The van der Waals surface area contributed by atoms with Crippen molar-refractivity contribution in [3.8, 4) is 0 Å². The maximum atomic E-state index is 13.1. The molecule has 9 heteroatoms. The van der Waals surface area contributed by atoms with Crippen LogP contribution in [0.3, 0.4) is 0 Å². The predicted molar refractivity (Wildman–Crippen MR) is 125 cm³/mol. The summed E-state index contributed by atoms with van der Waals surface area (Å²) in [6, 6.07) is 11.9. The van der Waals surface area contributed by atoms with Gasteiger partial charge < -0.3 is 10.6 Å². The Kier molecular flexibility index (Phi) is 8.47.